The van der Waals surface area contributed by atoms with Gasteiger partial charge in [-0.05, 0) is 71.9 Å². The van der Waals surface area contributed by atoms with Crippen molar-refractivity contribution in [2.45, 2.75) is 66.0 Å². The number of benzene rings is 1. The Morgan fingerprint density at radius 1 is 1.04 bits per heavy atom. The minimum absolute atomic E-state index is 0.0605. The van der Waals surface area contributed by atoms with Gasteiger partial charge in [0.05, 0.1) is 18.5 Å². The monoisotopic (exact) mass is 334 g/mol. The van der Waals surface area contributed by atoms with Crippen molar-refractivity contribution in [3.8, 4) is 0 Å². The second-order valence-corrected chi connectivity index (χ2v) is 12.3. The summed E-state index contributed by atoms with van der Waals surface area (Å²) in [6, 6.07) is 4.33. The van der Waals surface area contributed by atoms with E-state index >= 15 is 0 Å². The molecule has 1 aromatic carbocycles. The Hall–Kier alpha value is -0.880. The highest BCUT2D eigenvalue weighted by Crippen LogP contribution is 2.74. The second kappa shape index (κ2) is 6.93. The van der Waals surface area contributed by atoms with E-state index in [-0.39, 0.29) is 5.16 Å². The summed E-state index contributed by atoms with van der Waals surface area (Å²) >= 11 is 0. The molecule has 0 atom stereocenters. The van der Waals surface area contributed by atoms with Crippen molar-refractivity contribution in [2.24, 2.45) is 0 Å². The van der Waals surface area contributed by atoms with Crippen molar-refractivity contribution in [2.75, 3.05) is 23.8 Å². The maximum Gasteiger partial charge on any atom is 0.268 e. The average molecular weight is 334 g/mol. The first kappa shape index (κ1) is 18.5. The summed E-state index contributed by atoms with van der Waals surface area (Å²) in [6.07, 6.45) is 6.97. The molecule has 0 aromatic heterocycles. The molecule has 1 aliphatic rings. The van der Waals surface area contributed by atoms with Gasteiger partial charge in [-0.1, -0.05) is 17.7 Å². The molecule has 0 radical (unpaired) electrons. The Bertz CT molecular complexity index is 554. The first-order chi connectivity index (χ1) is 10.9. The number of hydrogen-bond acceptors (Lipinski definition) is 1. The van der Waals surface area contributed by atoms with Gasteiger partial charge in [0.25, 0.3) is 5.91 Å². The molecule has 1 fully saturated rings. The lowest BCUT2D eigenvalue weighted by atomic mass is 9.83. The zero-order chi connectivity index (χ0) is 17.3. The lowest BCUT2D eigenvalue weighted by Crippen LogP contribution is -2.52. The molecule has 0 heterocycles. The molecule has 0 spiro atoms. The summed E-state index contributed by atoms with van der Waals surface area (Å²) in [5, 5.41) is 3.29. The molecule has 0 unspecified atom stereocenters. The third-order valence-electron chi connectivity index (χ3n) is 6.24. The topological polar surface area (TPSA) is 29.1 Å². The van der Waals surface area contributed by atoms with Crippen molar-refractivity contribution in [3.63, 3.8) is 0 Å². The van der Waals surface area contributed by atoms with Crippen LogP contribution in [0.15, 0.2) is 12.1 Å². The smallest absolute Gasteiger partial charge is 0.268 e. The van der Waals surface area contributed by atoms with E-state index in [0.29, 0.717) is 5.91 Å². The predicted molar refractivity (Wildman–Crippen MR) is 104 cm³/mol. The van der Waals surface area contributed by atoms with Gasteiger partial charge in [0.15, 0.2) is 5.16 Å². The summed E-state index contributed by atoms with van der Waals surface area (Å²) in [6.45, 7) is 13.2. The fourth-order valence-corrected chi connectivity index (χ4v) is 9.52. The number of anilines is 1. The highest BCUT2D eigenvalue weighted by molar-refractivity contribution is 7.78. The maximum atomic E-state index is 13.3. The van der Waals surface area contributed by atoms with Crippen molar-refractivity contribution in [3.05, 3.63) is 28.8 Å². The van der Waals surface area contributed by atoms with Crippen molar-refractivity contribution in [1.82, 2.24) is 0 Å². The van der Waals surface area contributed by atoms with Gasteiger partial charge in [0.1, 0.15) is 0 Å². The normalized spacial score (nSPS) is 16.8. The van der Waals surface area contributed by atoms with Crippen molar-refractivity contribution in [1.29, 1.82) is 0 Å². The van der Waals surface area contributed by atoms with Gasteiger partial charge in [-0.25, -0.2) is 0 Å². The van der Waals surface area contributed by atoms with Crippen molar-refractivity contribution >= 4 is 18.9 Å². The van der Waals surface area contributed by atoms with Gasteiger partial charge in [-0.2, -0.15) is 0 Å². The van der Waals surface area contributed by atoms with Crippen LogP contribution < -0.4 is 5.32 Å². The highest BCUT2D eigenvalue weighted by atomic mass is 31.2. The Morgan fingerprint density at radius 3 is 1.87 bits per heavy atom. The molecule has 1 saturated carbocycles. The lowest BCUT2D eigenvalue weighted by molar-refractivity contribution is -0.120. The Morgan fingerprint density at radius 2 is 1.52 bits per heavy atom. The highest BCUT2D eigenvalue weighted by Gasteiger charge is 2.63. The molecule has 1 amide bonds. The van der Waals surface area contributed by atoms with E-state index < -0.39 is 7.26 Å². The molecule has 0 bridgehead atoms. The van der Waals surface area contributed by atoms with E-state index in [1.807, 2.05) is 0 Å². The molecule has 1 N–H and O–H groups in total. The van der Waals surface area contributed by atoms with Crippen LogP contribution in [0.1, 0.15) is 56.7 Å². The molecule has 128 valence electrons. The third-order valence-corrected chi connectivity index (χ3v) is 12.3. The molecule has 0 aliphatic heterocycles. The number of aryl methyl sites for hydroxylation is 3. The molecule has 1 aliphatic carbocycles. The minimum Gasteiger partial charge on any atom is -0.322 e. The Kier molecular flexibility index (Phi) is 5.56. The molecular formula is C20H33NOP+. The summed E-state index contributed by atoms with van der Waals surface area (Å²) in [5.74, 6) is 0.303. The van der Waals surface area contributed by atoms with Gasteiger partial charge < -0.3 is 5.32 Å². The van der Waals surface area contributed by atoms with Crippen LogP contribution in [0.2, 0.25) is 0 Å². The van der Waals surface area contributed by atoms with Gasteiger partial charge in [-0.3, -0.25) is 4.79 Å². The summed E-state index contributed by atoms with van der Waals surface area (Å²) < 4.78 is 0. The summed E-state index contributed by atoms with van der Waals surface area (Å²) in [4.78, 5) is 13.3. The van der Waals surface area contributed by atoms with Crippen LogP contribution in [0.25, 0.3) is 0 Å². The quantitative estimate of drug-likeness (QED) is 0.679. The molecule has 0 saturated heterocycles. The Labute approximate surface area is 142 Å². The van der Waals surface area contributed by atoms with Crippen LogP contribution in [0.3, 0.4) is 0 Å². The maximum absolute atomic E-state index is 13.3. The zero-order valence-corrected chi connectivity index (χ0v) is 16.6. The van der Waals surface area contributed by atoms with E-state index in [1.54, 1.807) is 0 Å². The van der Waals surface area contributed by atoms with Gasteiger partial charge in [0.2, 0.25) is 0 Å². The fraction of sp³-hybridized carbons (Fsp3) is 0.650. The number of nitrogens with one attached hydrogen (secondary N) is 1. The number of carbonyl (C=O) groups excluding carboxylic acids is 1. The van der Waals surface area contributed by atoms with E-state index in [2.05, 4.69) is 59.0 Å². The molecule has 2 nitrogen and oxygen atoms in total. The largest absolute Gasteiger partial charge is 0.322 e. The number of hydrogen-bond donors (Lipinski definition) is 1. The van der Waals surface area contributed by atoms with Crippen LogP contribution >= 0.6 is 7.26 Å². The van der Waals surface area contributed by atoms with Crippen molar-refractivity contribution < 1.29 is 4.79 Å². The van der Waals surface area contributed by atoms with Crippen LogP contribution in [-0.2, 0) is 4.79 Å². The van der Waals surface area contributed by atoms with Gasteiger partial charge >= 0.3 is 0 Å². The summed E-state index contributed by atoms with van der Waals surface area (Å²) in [5.41, 5.74) is 4.65. The standard InChI is InChI=1S/C20H32NOP/c1-7-23(8-2,9-3)20(11-10-12-20)19(22)21-18-16(5)13-15(4)14-17(18)6/h13-14H,7-12H2,1-6H3/p+1. The zero-order valence-electron chi connectivity index (χ0n) is 15.8. The van der Waals surface area contributed by atoms with Crippen LogP contribution in [0.5, 0.6) is 0 Å². The fourth-order valence-electron chi connectivity index (χ4n) is 4.61. The first-order valence-corrected chi connectivity index (χ1v) is 11.5. The van der Waals surface area contributed by atoms with Gasteiger partial charge in [0, 0.05) is 12.9 Å². The van der Waals surface area contributed by atoms with E-state index in [0.717, 1.165) is 18.5 Å². The molecule has 3 heteroatoms. The molecule has 1 aromatic rings. The van der Waals surface area contributed by atoms with Gasteiger partial charge in [-0.15, -0.1) is 0 Å². The van der Waals surface area contributed by atoms with Crippen LogP contribution in [0, 0.1) is 20.8 Å². The van der Waals surface area contributed by atoms with E-state index in [9.17, 15) is 4.79 Å². The predicted octanol–water partition coefficient (Wildman–Crippen LogP) is 5.55. The van der Waals surface area contributed by atoms with E-state index in [1.165, 1.54) is 41.6 Å². The Balaban J connectivity index is 2.35. The number of rotatable bonds is 6. The summed E-state index contributed by atoms with van der Waals surface area (Å²) in [7, 11) is -1.22. The van der Waals surface area contributed by atoms with Crippen LogP contribution in [0.4, 0.5) is 5.69 Å². The van der Waals surface area contributed by atoms with E-state index in [4.69, 9.17) is 0 Å². The number of carbonyl (C=O) groups is 1. The molecule has 23 heavy (non-hydrogen) atoms. The molecule has 2 rings (SSSR count). The first-order valence-electron chi connectivity index (χ1n) is 9.11. The number of amides is 1. The van der Waals surface area contributed by atoms with Crippen LogP contribution in [-0.4, -0.2) is 29.5 Å². The second-order valence-electron chi connectivity index (χ2n) is 7.21. The SMILES string of the molecule is CC[P+](CC)(CC)C1(C(=O)Nc2c(C)cc(C)cc2C)CCC1. The molecular weight excluding hydrogens is 301 g/mol. The third kappa shape index (κ3) is 2.95. The minimum atomic E-state index is -1.22. The lowest BCUT2D eigenvalue weighted by Gasteiger charge is -2.48. The average Bonchev–Trinajstić information content (AvgIpc) is 2.46.